The molecule has 24 heavy (non-hydrogen) atoms. The lowest BCUT2D eigenvalue weighted by Crippen LogP contribution is -2.34. The van der Waals surface area contributed by atoms with E-state index in [0.717, 1.165) is 31.7 Å². The smallest absolute Gasteiger partial charge is 0.303 e. The number of carboxylic acid groups (broad SMARTS) is 1. The van der Waals surface area contributed by atoms with Gasteiger partial charge in [-0.1, -0.05) is 11.3 Å². The van der Waals surface area contributed by atoms with E-state index < -0.39 is 5.97 Å². The van der Waals surface area contributed by atoms with Crippen LogP contribution in [0.25, 0.3) is 0 Å². The zero-order valence-electron chi connectivity index (χ0n) is 12.8. The summed E-state index contributed by atoms with van der Waals surface area (Å²) >= 11 is 1.26. The van der Waals surface area contributed by atoms with Gasteiger partial charge >= 0.3 is 5.97 Å². The average Bonchev–Trinajstić information content (AvgIpc) is 3.03. The van der Waals surface area contributed by atoms with Gasteiger partial charge in [0.15, 0.2) is 5.13 Å². The van der Waals surface area contributed by atoms with Gasteiger partial charge in [-0.25, -0.2) is 15.0 Å². The molecule has 1 saturated heterocycles. The first-order valence-electron chi connectivity index (χ1n) is 7.56. The number of aliphatic carboxylic acids is 1. The molecule has 1 fully saturated rings. The van der Waals surface area contributed by atoms with Gasteiger partial charge < -0.3 is 15.3 Å². The van der Waals surface area contributed by atoms with Gasteiger partial charge in [-0.15, -0.1) is 0 Å². The monoisotopic (exact) mass is 344 g/mol. The predicted molar refractivity (Wildman–Crippen MR) is 89.3 cm³/mol. The summed E-state index contributed by atoms with van der Waals surface area (Å²) in [6, 6.07) is 3.89. The fourth-order valence-corrected chi connectivity index (χ4v) is 3.31. The molecule has 0 aromatic carbocycles. The first-order chi connectivity index (χ1) is 11.6. The number of nitriles is 1. The van der Waals surface area contributed by atoms with Gasteiger partial charge in [0.05, 0.1) is 6.20 Å². The van der Waals surface area contributed by atoms with Gasteiger partial charge in [0.1, 0.15) is 28.9 Å². The van der Waals surface area contributed by atoms with Crippen molar-refractivity contribution in [1.82, 2.24) is 15.0 Å². The Labute approximate surface area is 142 Å². The summed E-state index contributed by atoms with van der Waals surface area (Å²) in [5, 5.41) is 21.4. The van der Waals surface area contributed by atoms with Gasteiger partial charge in [-0.3, -0.25) is 4.79 Å². The SMILES string of the molecule is N#Cc1cnc(Nc2cc(N3CCC(CC(=O)O)CC3)ncn2)s1. The Kier molecular flexibility index (Phi) is 4.86. The summed E-state index contributed by atoms with van der Waals surface area (Å²) in [6.45, 7) is 1.56. The molecule has 2 aromatic heterocycles. The van der Waals surface area contributed by atoms with E-state index >= 15 is 0 Å². The lowest BCUT2D eigenvalue weighted by Gasteiger charge is -2.32. The fraction of sp³-hybridized carbons (Fsp3) is 0.400. The number of carbonyl (C=O) groups is 1. The highest BCUT2D eigenvalue weighted by Gasteiger charge is 2.22. The topological polar surface area (TPSA) is 115 Å². The lowest BCUT2D eigenvalue weighted by molar-refractivity contribution is -0.138. The third kappa shape index (κ3) is 3.97. The number of piperidine rings is 1. The quantitative estimate of drug-likeness (QED) is 0.848. The summed E-state index contributed by atoms with van der Waals surface area (Å²) < 4.78 is 0. The maximum absolute atomic E-state index is 10.8. The van der Waals surface area contributed by atoms with Crippen LogP contribution in [0.15, 0.2) is 18.6 Å². The molecule has 2 N–H and O–H groups in total. The summed E-state index contributed by atoms with van der Waals surface area (Å²) in [5.41, 5.74) is 0. The van der Waals surface area contributed by atoms with Crippen LogP contribution in [-0.2, 0) is 4.79 Å². The van der Waals surface area contributed by atoms with Crippen molar-refractivity contribution in [2.45, 2.75) is 19.3 Å². The van der Waals surface area contributed by atoms with Crippen molar-refractivity contribution < 1.29 is 9.90 Å². The average molecular weight is 344 g/mol. The first kappa shape index (κ1) is 16.1. The molecule has 8 nitrogen and oxygen atoms in total. The number of hydrogen-bond acceptors (Lipinski definition) is 8. The van der Waals surface area contributed by atoms with Crippen molar-refractivity contribution in [1.29, 1.82) is 5.26 Å². The third-order valence-corrected chi connectivity index (χ3v) is 4.72. The Morgan fingerprint density at radius 3 is 2.88 bits per heavy atom. The molecule has 0 spiro atoms. The van der Waals surface area contributed by atoms with Gasteiger partial charge in [0, 0.05) is 25.6 Å². The highest BCUT2D eigenvalue weighted by Crippen LogP contribution is 2.26. The van der Waals surface area contributed by atoms with E-state index in [1.807, 2.05) is 12.1 Å². The third-order valence-electron chi connectivity index (χ3n) is 3.91. The summed E-state index contributed by atoms with van der Waals surface area (Å²) in [7, 11) is 0. The number of thiazole rings is 1. The largest absolute Gasteiger partial charge is 0.481 e. The molecule has 0 aliphatic carbocycles. The fourth-order valence-electron chi connectivity index (χ4n) is 2.69. The van der Waals surface area contributed by atoms with Crippen LogP contribution in [-0.4, -0.2) is 39.1 Å². The minimum absolute atomic E-state index is 0.232. The van der Waals surface area contributed by atoms with Crippen LogP contribution in [0.3, 0.4) is 0 Å². The van der Waals surface area contributed by atoms with E-state index in [1.54, 1.807) is 0 Å². The molecule has 124 valence electrons. The molecule has 3 rings (SSSR count). The molecule has 0 unspecified atom stereocenters. The Bertz CT molecular complexity index is 763. The van der Waals surface area contributed by atoms with Crippen LogP contribution in [0.5, 0.6) is 0 Å². The summed E-state index contributed by atoms with van der Waals surface area (Å²) in [4.78, 5) is 26.1. The molecular formula is C15H16N6O2S. The molecule has 0 bridgehead atoms. The summed E-state index contributed by atoms with van der Waals surface area (Å²) in [6.07, 6.45) is 4.92. The molecule has 3 heterocycles. The Balaban J connectivity index is 1.63. The number of anilines is 3. The predicted octanol–water partition coefficient (Wildman–Crippen LogP) is 2.24. The van der Waals surface area contributed by atoms with Gasteiger partial charge in [0.25, 0.3) is 0 Å². The van der Waals surface area contributed by atoms with Crippen molar-refractivity contribution in [3.8, 4) is 6.07 Å². The number of nitrogens with zero attached hydrogens (tertiary/aromatic N) is 5. The normalized spacial score (nSPS) is 15.0. The second-order valence-corrected chi connectivity index (χ2v) is 6.59. The maximum atomic E-state index is 10.8. The van der Waals surface area contributed by atoms with Crippen LogP contribution < -0.4 is 10.2 Å². The second-order valence-electron chi connectivity index (χ2n) is 5.56. The Morgan fingerprint density at radius 1 is 1.42 bits per heavy atom. The van der Waals surface area contributed by atoms with E-state index in [4.69, 9.17) is 10.4 Å². The number of hydrogen-bond donors (Lipinski definition) is 2. The summed E-state index contributed by atoms with van der Waals surface area (Å²) in [5.74, 6) is 0.921. The van der Waals surface area contributed by atoms with Gasteiger partial charge in [0.2, 0.25) is 0 Å². The van der Waals surface area contributed by atoms with E-state index in [0.29, 0.717) is 15.8 Å². The molecule has 0 radical (unpaired) electrons. The molecule has 2 aromatic rings. The minimum Gasteiger partial charge on any atom is -0.481 e. The Hall–Kier alpha value is -2.73. The first-order valence-corrected chi connectivity index (χ1v) is 8.37. The lowest BCUT2D eigenvalue weighted by atomic mass is 9.94. The highest BCUT2D eigenvalue weighted by atomic mass is 32.1. The van der Waals surface area contributed by atoms with E-state index in [1.165, 1.54) is 23.9 Å². The zero-order chi connectivity index (χ0) is 16.9. The highest BCUT2D eigenvalue weighted by molar-refractivity contribution is 7.16. The zero-order valence-corrected chi connectivity index (χ0v) is 13.7. The van der Waals surface area contributed by atoms with Crippen molar-refractivity contribution in [2.75, 3.05) is 23.3 Å². The molecule has 1 aliphatic rings. The van der Waals surface area contributed by atoms with E-state index in [-0.39, 0.29) is 12.3 Å². The second kappa shape index (κ2) is 7.23. The molecule has 9 heteroatoms. The minimum atomic E-state index is -0.734. The molecule has 1 aliphatic heterocycles. The number of aromatic nitrogens is 3. The van der Waals surface area contributed by atoms with Crippen LogP contribution in [0.4, 0.5) is 16.8 Å². The van der Waals surface area contributed by atoms with Crippen LogP contribution >= 0.6 is 11.3 Å². The van der Waals surface area contributed by atoms with Crippen molar-refractivity contribution in [2.24, 2.45) is 5.92 Å². The van der Waals surface area contributed by atoms with Crippen LogP contribution in [0.2, 0.25) is 0 Å². The van der Waals surface area contributed by atoms with Crippen LogP contribution in [0, 0.1) is 17.2 Å². The Morgan fingerprint density at radius 2 is 2.21 bits per heavy atom. The van der Waals surface area contributed by atoms with E-state index in [2.05, 4.69) is 25.2 Å². The number of rotatable bonds is 5. The van der Waals surface area contributed by atoms with Gasteiger partial charge in [-0.05, 0) is 18.8 Å². The van der Waals surface area contributed by atoms with Crippen LogP contribution in [0.1, 0.15) is 24.1 Å². The number of nitrogens with one attached hydrogen (secondary N) is 1. The number of carboxylic acids is 1. The molecule has 0 atom stereocenters. The molecule has 0 saturated carbocycles. The van der Waals surface area contributed by atoms with Crippen molar-refractivity contribution in [3.63, 3.8) is 0 Å². The molecule has 0 amide bonds. The van der Waals surface area contributed by atoms with Crippen molar-refractivity contribution in [3.05, 3.63) is 23.5 Å². The standard InChI is InChI=1S/C15H16N6O2S/c16-7-11-8-17-15(24-11)20-12-6-13(19-9-18-12)21-3-1-10(2-4-21)5-14(22)23/h6,8-10H,1-5H2,(H,22,23)(H,17,18,19,20). The molecular weight excluding hydrogens is 328 g/mol. The maximum Gasteiger partial charge on any atom is 0.303 e. The van der Waals surface area contributed by atoms with Crippen molar-refractivity contribution >= 4 is 34.1 Å². The van der Waals surface area contributed by atoms with E-state index in [9.17, 15) is 4.79 Å². The van der Waals surface area contributed by atoms with Gasteiger partial charge in [-0.2, -0.15) is 5.26 Å².